The topological polar surface area (TPSA) is 73.3 Å². The molecule has 1 aromatic rings. The Morgan fingerprint density at radius 2 is 2.42 bits per heavy atom. The molecule has 1 atom stereocenters. The van der Waals surface area contributed by atoms with Crippen LogP contribution in [-0.2, 0) is 6.42 Å². The van der Waals surface area contributed by atoms with Crippen molar-refractivity contribution in [2.24, 2.45) is 5.73 Å². The van der Waals surface area contributed by atoms with Crippen LogP contribution in [0, 0.1) is 0 Å². The van der Waals surface area contributed by atoms with E-state index in [1.54, 1.807) is 0 Å². The van der Waals surface area contributed by atoms with Gasteiger partial charge in [0.15, 0.2) is 17.8 Å². The van der Waals surface area contributed by atoms with Crippen molar-refractivity contribution < 1.29 is 14.0 Å². The zero-order valence-corrected chi connectivity index (χ0v) is 6.24. The number of fused-ring (bicyclic) bond motifs is 1. The van der Waals surface area contributed by atoms with Gasteiger partial charge in [0, 0.05) is 6.42 Å². The van der Waals surface area contributed by atoms with Crippen molar-refractivity contribution in [1.82, 2.24) is 0 Å². The molecule has 0 fully saturated rings. The minimum absolute atomic E-state index is 0.137. The average Bonchev–Trinajstić information content (AvgIpc) is 2.55. The molecule has 2 N–H and O–H groups in total. The van der Waals surface area contributed by atoms with Gasteiger partial charge >= 0.3 is 0 Å². The summed E-state index contributed by atoms with van der Waals surface area (Å²) in [6.07, 6.45) is 0.985. The van der Waals surface area contributed by atoms with Crippen LogP contribution in [0.2, 0.25) is 0 Å². The van der Waals surface area contributed by atoms with Crippen LogP contribution in [0.1, 0.15) is 26.7 Å². The molecule has 0 amide bonds. The van der Waals surface area contributed by atoms with Crippen LogP contribution in [0.3, 0.4) is 0 Å². The third-order valence-electron chi connectivity index (χ3n) is 1.95. The molecule has 62 valence electrons. The second kappa shape index (κ2) is 2.28. The highest BCUT2D eigenvalue weighted by Crippen LogP contribution is 2.23. The Labute approximate surface area is 68.3 Å². The Morgan fingerprint density at radius 3 is 3.00 bits per heavy atom. The van der Waals surface area contributed by atoms with Crippen LogP contribution in [-0.4, -0.2) is 18.1 Å². The maximum Gasteiger partial charge on any atom is 0.185 e. The summed E-state index contributed by atoms with van der Waals surface area (Å²) < 4.78 is 5.05. The summed E-state index contributed by atoms with van der Waals surface area (Å²) in [6, 6.07) is 0.955. The number of ketones is 1. The first-order valence-electron chi connectivity index (χ1n) is 3.60. The number of hydrogen-bond donors (Lipinski definition) is 1. The molecule has 12 heavy (non-hydrogen) atoms. The first kappa shape index (κ1) is 7.24. The van der Waals surface area contributed by atoms with Gasteiger partial charge in [-0.25, -0.2) is 0 Å². The highest BCUT2D eigenvalue weighted by molar-refractivity contribution is 6.04. The van der Waals surface area contributed by atoms with E-state index in [0.717, 1.165) is 0 Å². The fourth-order valence-electron chi connectivity index (χ4n) is 1.36. The van der Waals surface area contributed by atoms with E-state index in [-0.39, 0.29) is 11.5 Å². The lowest BCUT2D eigenvalue weighted by molar-refractivity contribution is 0.0974. The molecule has 2 rings (SSSR count). The summed E-state index contributed by atoms with van der Waals surface area (Å²) in [4.78, 5) is 21.5. The number of Topliss-reactive ketones (excluding diaryl/α,β-unsaturated/α-hetero) is 1. The maximum atomic E-state index is 11.2. The number of carbonyl (C=O) groups excluding carboxylic acids is 2. The van der Waals surface area contributed by atoms with Crippen molar-refractivity contribution in [2.75, 3.05) is 0 Å². The van der Waals surface area contributed by atoms with E-state index < -0.39 is 6.04 Å². The third kappa shape index (κ3) is 0.816. The maximum absolute atomic E-state index is 11.2. The number of nitrogens with two attached hydrogens (primary N) is 1. The number of rotatable bonds is 1. The molecular weight excluding hydrogens is 158 g/mol. The molecule has 0 aromatic carbocycles. The van der Waals surface area contributed by atoms with E-state index in [1.807, 2.05) is 0 Å². The molecule has 1 aliphatic rings. The molecule has 1 unspecified atom stereocenters. The van der Waals surface area contributed by atoms with Crippen molar-refractivity contribution in [2.45, 2.75) is 12.5 Å². The van der Waals surface area contributed by atoms with E-state index in [2.05, 4.69) is 0 Å². The van der Waals surface area contributed by atoms with Crippen molar-refractivity contribution in [1.29, 1.82) is 0 Å². The summed E-state index contributed by atoms with van der Waals surface area (Å²) in [6.45, 7) is 0. The Kier molecular flexibility index (Phi) is 1.38. The van der Waals surface area contributed by atoms with Gasteiger partial charge in [-0.3, -0.25) is 9.59 Å². The van der Waals surface area contributed by atoms with Gasteiger partial charge in [-0.2, -0.15) is 0 Å². The molecule has 4 nitrogen and oxygen atoms in total. The van der Waals surface area contributed by atoms with Gasteiger partial charge in [0.1, 0.15) is 5.76 Å². The predicted molar refractivity (Wildman–Crippen MR) is 40.1 cm³/mol. The Balaban J connectivity index is 2.49. The second-order valence-electron chi connectivity index (χ2n) is 2.78. The highest BCUT2D eigenvalue weighted by Gasteiger charge is 2.31. The van der Waals surface area contributed by atoms with Crippen molar-refractivity contribution in [3.8, 4) is 0 Å². The first-order chi connectivity index (χ1) is 5.72. The molecule has 0 spiro atoms. The lowest BCUT2D eigenvalue weighted by Crippen LogP contribution is -2.26. The van der Waals surface area contributed by atoms with E-state index in [4.69, 9.17) is 10.2 Å². The lowest BCUT2D eigenvalue weighted by atomic mass is 10.2. The zero-order chi connectivity index (χ0) is 8.72. The van der Waals surface area contributed by atoms with Gasteiger partial charge < -0.3 is 10.2 Å². The van der Waals surface area contributed by atoms with E-state index in [9.17, 15) is 9.59 Å². The SMILES string of the molecule is NC1Cc2oc(C=O)cc2C1=O. The summed E-state index contributed by atoms with van der Waals surface area (Å²) in [5.74, 6) is 0.594. The molecule has 1 aromatic heterocycles. The minimum Gasteiger partial charge on any atom is -0.457 e. The first-order valence-corrected chi connectivity index (χ1v) is 3.60. The predicted octanol–water partition coefficient (Wildman–Crippen LogP) is 0.158. The summed E-state index contributed by atoms with van der Waals surface area (Å²) in [5.41, 5.74) is 5.93. The van der Waals surface area contributed by atoms with Crippen LogP contribution in [0.25, 0.3) is 0 Å². The molecule has 0 saturated heterocycles. The van der Waals surface area contributed by atoms with Crippen molar-refractivity contribution in [3.63, 3.8) is 0 Å². The van der Waals surface area contributed by atoms with Gasteiger partial charge in [-0.15, -0.1) is 0 Å². The quantitative estimate of drug-likeness (QED) is 0.601. The van der Waals surface area contributed by atoms with Crippen molar-refractivity contribution in [3.05, 3.63) is 23.2 Å². The normalized spacial score (nSPS) is 21.1. The summed E-state index contributed by atoms with van der Waals surface area (Å²) in [7, 11) is 0. The van der Waals surface area contributed by atoms with E-state index in [0.29, 0.717) is 24.0 Å². The van der Waals surface area contributed by atoms with Gasteiger partial charge in [0.25, 0.3) is 0 Å². The number of carbonyl (C=O) groups is 2. The molecule has 0 aliphatic heterocycles. The van der Waals surface area contributed by atoms with E-state index >= 15 is 0 Å². The third-order valence-corrected chi connectivity index (χ3v) is 1.95. The van der Waals surface area contributed by atoms with Gasteiger partial charge in [0.2, 0.25) is 0 Å². The van der Waals surface area contributed by atoms with E-state index in [1.165, 1.54) is 6.07 Å². The van der Waals surface area contributed by atoms with Crippen LogP contribution >= 0.6 is 0 Å². The van der Waals surface area contributed by atoms with Crippen molar-refractivity contribution >= 4 is 12.1 Å². The number of hydrogen-bond acceptors (Lipinski definition) is 4. The molecule has 1 aliphatic carbocycles. The number of furan rings is 1. The summed E-state index contributed by atoms with van der Waals surface area (Å²) >= 11 is 0. The largest absolute Gasteiger partial charge is 0.457 e. The molecule has 4 heteroatoms. The Morgan fingerprint density at radius 1 is 1.67 bits per heavy atom. The van der Waals surface area contributed by atoms with Gasteiger partial charge in [-0.05, 0) is 6.07 Å². The molecule has 0 bridgehead atoms. The Bertz CT molecular complexity index is 353. The lowest BCUT2D eigenvalue weighted by Gasteiger charge is -1.95. The molecule has 0 radical (unpaired) electrons. The number of aldehydes is 1. The summed E-state index contributed by atoms with van der Waals surface area (Å²) in [5, 5.41) is 0. The fourth-order valence-corrected chi connectivity index (χ4v) is 1.36. The molecular formula is C8H7NO3. The van der Waals surface area contributed by atoms with Crippen LogP contribution in [0.5, 0.6) is 0 Å². The van der Waals surface area contributed by atoms with Crippen LogP contribution in [0.4, 0.5) is 0 Å². The standard InChI is InChI=1S/C8H7NO3/c9-6-2-7-5(8(6)11)1-4(3-10)12-7/h1,3,6H,2,9H2. The average molecular weight is 165 g/mol. The fraction of sp³-hybridized carbons (Fsp3) is 0.250. The zero-order valence-electron chi connectivity index (χ0n) is 6.24. The van der Waals surface area contributed by atoms with Crippen LogP contribution in [0.15, 0.2) is 10.5 Å². The monoisotopic (exact) mass is 165 g/mol. The van der Waals surface area contributed by atoms with Crippen LogP contribution < -0.4 is 5.73 Å². The second-order valence-corrected chi connectivity index (χ2v) is 2.78. The minimum atomic E-state index is -0.487. The van der Waals surface area contributed by atoms with Gasteiger partial charge in [-0.1, -0.05) is 0 Å². The van der Waals surface area contributed by atoms with Gasteiger partial charge in [0.05, 0.1) is 11.6 Å². The Hall–Kier alpha value is -1.42. The smallest absolute Gasteiger partial charge is 0.185 e. The molecule has 0 saturated carbocycles. The highest BCUT2D eigenvalue weighted by atomic mass is 16.3. The molecule has 1 heterocycles.